The molecule has 0 saturated heterocycles. The van der Waals surface area contributed by atoms with Gasteiger partial charge in [0.05, 0.1) is 12.3 Å². The number of thioether (sulfide) groups is 1. The van der Waals surface area contributed by atoms with Crippen molar-refractivity contribution in [1.82, 2.24) is 14.5 Å². The first-order chi connectivity index (χ1) is 8.15. The molecule has 0 aliphatic carbocycles. The van der Waals surface area contributed by atoms with Crippen LogP contribution in [0.1, 0.15) is 10.7 Å². The van der Waals surface area contributed by atoms with Gasteiger partial charge in [-0.15, -0.1) is 11.3 Å². The molecule has 2 aromatic heterocycles. The molecule has 5 nitrogen and oxygen atoms in total. The van der Waals surface area contributed by atoms with Crippen LogP contribution >= 0.6 is 23.1 Å². The first-order valence-corrected chi connectivity index (χ1v) is 6.78. The minimum absolute atomic E-state index is 0.0217. The van der Waals surface area contributed by atoms with Crippen molar-refractivity contribution in [2.45, 2.75) is 18.6 Å². The van der Waals surface area contributed by atoms with Crippen molar-refractivity contribution >= 4 is 29.1 Å². The normalized spacial score (nSPS) is 10.6. The van der Waals surface area contributed by atoms with E-state index in [-0.39, 0.29) is 5.75 Å². The molecule has 1 N–H and O–H groups in total. The average Bonchev–Trinajstić information content (AvgIpc) is 2.86. The highest BCUT2D eigenvalue weighted by Crippen LogP contribution is 2.18. The van der Waals surface area contributed by atoms with Gasteiger partial charge in [-0.05, 0) is 6.92 Å². The quantitative estimate of drug-likeness (QED) is 0.839. The van der Waals surface area contributed by atoms with Gasteiger partial charge in [0.2, 0.25) is 0 Å². The Bertz CT molecular complexity index is 521. The molecule has 0 aromatic carbocycles. The topological polar surface area (TPSA) is 68.0 Å². The lowest BCUT2D eigenvalue weighted by Crippen LogP contribution is -2.03. The Kier molecular flexibility index (Phi) is 3.80. The van der Waals surface area contributed by atoms with E-state index in [4.69, 9.17) is 5.11 Å². The van der Waals surface area contributed by atoms with Crippen LogP contribution in [0.15, 0.2) is 22.9 Å². The van der Waals surface area contributed by atoms with E-state index in [9.17, 15) is 4.79 Å². The fourth-order valence-corrected chi connectivity index (χ4v) is 2.75. The van der Waals surface area contributed by atoms with E-state index in [0.717, 1.165) is 10.7 Å². The number of aliphatic carboxylic acids is 1. The lowest BCUT2D eigenvalue weighted by molar-refractivity contribution is -0.133. The van der Waals surface area contributed by atoms with E-state index < -0.39 is 5.97 Å². The molecule has 90 valence electrons. The van der Waals surface area contributed by atoms with Crippen LogP contribution in [0.3, 0.4) is 0 Å². The summed E-state index contributed by atoms with van der Waals surface area (Å²) in [6.07, 6.45) is 3.51. The average molecular weight is 269 g/mol. The maximum Gasteiger partial charge on any atom is 0.313 e. The second-order valence-corrected chi connectivity index (χ2v) is 5.29. The van der Waals surface area contributed by atoms with Crippen molar-refractivity contribution in [2.75, 3.05) is 5.75 Å². The number of hydrogen-bond acceptors (Lipinski definition) is 5. The van der Waals surface area contributed by atoms with Crippen LogP contribution in [0.2, 0.25) is 0 Å². The number of carbonyl (C=O) groups is 1. The van der Waals surface area contributed by atoms with Gasteiger partial charge < -0.3 is 9.67 Å². The van der Waals surface area contributed by atoms with Crippen LogP contribution in [0.25, 0.3) is 0 Å². The fraction of sp³-hybridized carbons (Fsp3) is 0.300. The van der Waals surface area contributed by atoms with Gasteiger partial charge in [0.1, 0.15) is 5.01 Å². The minimum atomic E-state index is -0.838. The van der Waals surface area contributed by atoms with Crippen molar-refractivity contribution in [2.24, 2.45) is 0 Å². The number of thiazole rings is 1. The van der Waals surface area contributed by atoms with Gasteiger partial charge in [-0.2, -0.15) is 0 Å². The van der Waals surface area contributed by atoms with Crippen LogP contribution in [-0.4, -0.2) is 31.4 Å². The summed E-state index contributed by atoms with van der Waals surface area (Å²) in [6, 6.07) is 0. The SMILES string of the molecule is Cc1csc(Cn2ccnc2SCC(=O)O)n1. The highest BCUT2D eigenvalue weighted by Gasteiger charge is 2.08. The highest BCUT2D eigenvalue weighted by atomic mass is 32.2. The largest absolute Gasteiger partial charge is 0.481 e. The van der Waals surface area contributed by atoms with Gasteiger partial charge in [0.25, 0.3) is 0 Å². The highest BCUT2D eigenvalue weighted by molar-refractivity contribution is 7.99. The van der Waals surface area contributed by atoms with Gasteiger partial charge in [-0.25, -0.2) is 9.97 Å². The van der Waals surface area contributed by atoms with Crippen LogP contribution in [-0.2, 0) is 11.3 Å². The van der Waals surface area contributed by atoms with Crippen LogP contribution < -0.4 is 0 Å². The molecule has 2 rings (SSSR count). The smallest absolute Gasteiger partial charge is 0.313 e. The third-order valence-corrected chi connectivity index (χ3v) is 3.92. The van der Waals surface area contributed by atoms with Gasteiger partial charge in [-0.1, -0.05) is 11.8 Å². The summed E-state index contributed by atoms with van der Waals surface area (Å²) in [4.78, 5) is 19.0. The van der Waals surface area contributed by atoms with E-state index in [1.807, 2.05) is 23.1 Å². The zero-order valence-electron chi connectivity index (χ0n) is 9.16. The van der Waals surface area contributed by atoms with Gasteiger partial charge in [-0.3, -0.25) is 4.79 Å². The Morgan fingerprint density at radius 1 is 1.65 bits per heavy atom. The maximum atomic E-state index is 10.5. The molecule has 0 radical (unpaired) electrons. The number of hydrogen-bond donors (Lipinski definition) is 1. The second kappa shape index (κ2) is 5.33. The van der Waals surface area contributed by atoms with Gasteiger partial charge in [0.15, 0.2) is 5.16 Å². The molecule has 0 spiro atoms. The zero-order valence-corrected chi connectivity index (χ0v) is 10.8. The van der Waals surface area contributed by atoms with Crippen molar-refractivity contribution in [3.8, 4) is 0 Å². The Morgan fingerprint density at radius 3 is 3.12 bits per heavy atom. The Balaban J connectivity index is 2.06. The molecular formula is C10H11N3O2S2. The summed E-state index contributed by atoms with van der Waals surface area (Å²) in [5, 5.41) is 12.3. The number of carboxylic acid groups (broad SMARTS) is 1. The van der Waals surface area contributed by atoms with E-state index in [0.29, 0.717) is 11.7 Å². The van der Waals surface area contributed by atoms with E-state index in [2.05, 4.69) is 9.97 Å². The molecule has 0 aliphatic heterocycles. The Hall–Kier alpha value is -1.34. The third-order valence-electron chi connectivity index (χ3n) is 1.97. The molecule has 2 heterocycles. The van der Waals surface area contributed by atoms with Gasteiger partial charge in [0, 0.05) is 23.5 Å². The molecule has 0 bridgehead atoms. The van der Waals surface area contributed by atoms with Crippen molar-refractivity contribution in [3.05, 3.63) is 28.5 Å². The third kappa shape index (κ3) is 3.31. The first-order valence-electron chi connectivity index (χ1n) is 4.92. The molecule has 0 unspecified atom stereocenters. The molecule has 17 heavy (non-hydrogen) atoms. The van der Waals surface area contributed by atoms with Crippen LogP contribution in [0, 0.1) is 6.92 Å². The van der Waals surface area contributed by atoms with Crippen molar-refractivity contribution in [3.63, 3.8) is 0 Å². The number of imidazole rings is 1. The van der Waals surface area contributed by atoms with Crippen LogP contribution in [0.5, 0.6) is 0 Å². The summed E-state index contributed by atoms with van der Waals surface area (Å²) in [5.74, 6) is -0.817. The van der Waals surface area contributed by atoms with E-state index in [1.165, 1.54) is 11.8 Å². The fourth-order valence-electron chi connectivity index (χ4n) is 1.30. The predicted molar refractivity (Wildman–Crippen MR) is 66.5 cm³/mol. The monoisotopic (exact) mass is 269 g/mol. The maximum absolute atomic E-state index is 10.5. The first kappa shape index (κ1) is 12.1. The Labute approximate surface area is 107 Å². The molecule has 0 saturated carbocycles. The lowest BCUT2D eigenvalue weighted by Gasteiger charge is -2.03. The zero-order chi connectivity index (χ0) is 12.3. The molecule has 0 aliphatic rings. The summed E-state index contributed by atoms with van der Waals surface area (Å²) < 4.78 is 1.91. The molecule has 7 heteroatoms. The standard InChI is InChI=1S/C10H11N3O2S2/c1-7-5-16-8(12-7)4-13-3-2-11-10(13)17-6-9(14)15/h2-3,5H,4,6H2,1H3,(H,14,15). The number of rotatable bonds is 5. The Morgan fingerprint density at radius 2 is 2.47 bits per heavy atom. The number of aromatic nitrogens is 3. The number of carboxylic acids is 1. The molecule has 0 amide bonds. The molecular weight excluding hydrogens is 258 g/mol. The molecule has 0 atom stereocenters. The summed E-state index contributed by atoms with van der Waals surface area (Å²) in [6.45, 7) is 2.59. The van der Waals surface area contributed by atoms with E-state index in [1.54, 1.807) is 17.5 Å². The summed E-state index contributed by atoms with van der Waals surface area (Å²) in [5.41, 5.74) is 1.00. The second-order valence-electron chi connectivity index (χ2n) is 3.40. The number of aryl methyl sites for hydroxylation is 1. The summed E-state index contributed by atoms with van der Waals surface area (Å²) >= 11 is 2.81. The minimum Gasteiger partial charge on any atom is -0.481 e. The predicted octanol–water partition coefficient (Wildman–Crippen LogP) is 1.87. The summed E-state index contributed by atoms with van der Waals surface area (Å²) in [7, 11) is 0. The van der Waals surface area contributed by atoms with E-state index >= 15 is 0 Å². The van der Waals surface area contributed by atoms with Crippen molar-refractivity contribution < 1.29 is 9.90 Å². The molecule has 2 aromatic rings. The van der Waals surface area contributed by atoms with Gasteiger partial charge >= 0.3 is 5.97 Å². The van der Waals surface area contributed by atoms with Crippen LogP contribution in [0.4, 0.5) is 0 Å². The molecule has 0 fully saturated rings. The van der Waals surface area contributed by atoms with Crippen molar-refractivity contribution in [1.29, 1.82) is 0 Å². The number of nitrogens with zero attached hydrogens (tertiary/aromatic N) is 3. The lowest BCUT2D eigenvalue weighted by atomic mass is 10.6.